The molecule has 0 atom stereocenters. The first-order valence-corrected chi connectivity index (χ1v) is 14.7. The molecule has 232 valence electrons. The Morgan fingerprint density at radius 1 is 1.07 bits per heavy atom. The van der Waals surface area contributed by atoms with Gasteiger partial charge in [0.2, 0.25) is 0 Å². The maximum Gasteiger partial charge on any atom is 0.328 e. The van der Waals surface area contributed by atoms with Gasteiger partial charge in [0.15, 0.2) is 6.29 Å². The number of amidine groups is 1. The first kappa shape index (κ1) is 32.0. The number of hydrogen-bond donors (Lipinski definition) is 4. The summed E-state index contributed by atoms with van der Waals surface area (Å²) in [5.74, 6) is -0.347. The molecule has 1 aliphatic rings. The van der Waals surface area contributed by atoms with Crippen molar-refractivity contribution in [1.29, 1.82) is 5.41 Å². The Kier molecular flexibility index (Phi) is 10.2. The average molecular weight is 599 g/mol. The number of piperidine rings is 1. The van der Waals surface area contributed by atoms with Gasteiger partial charge in [-0.25, -0.2) is 4.79 Å². The summed E-state index contributed by atoms with van der Waals surface area (Å²) in [5, 5.41) is 11.1. The first-order valence-electron chi connectivity index (χ1n) is 14.7. The SMILES string of the molecule is CNn1c(C2CCN(C)CC2)cc(-c2ccc(NC(=O)/C(C=O)=C/N(C(=O)N(C)c3ccccc3)C(C)C)cc2)c1C(=N)N. The van der Waals surface area contributed by atoms with Gasteiger partial charge in [-0.1, -0.05) is 30.3 Å². The number of aldehydes is 1. The van der Waals surface area contributed by atoms with Crippen molar-refractivity contribution in [3.05, 3.63) is 83.8 Å². The van der Waals surface area contributed by atoms with Gasteiger partial charge in [0.1, 0.15) is 11.5 Å². The highest BCUT2D eigenvalue weighted by Crippen LogP contribution is 2.35. The summed E-state index contributed by atoms with van der Waals surface area (Å²) < 4.78 is 1.90. The quantitative estimate of drug-likeness (QED) is 0.0681. The van der Waals surface area contributed by atoms with Crippen molar-refractivity contribution in [2.24, 2.45) is 5.73 Å². The molecule has 2 aromatic carbocycles. The topological polar surface area (TPSA) is 140 Å². The van der Waals surface area contributed by atoms with E-state index in [2.05, 4.69) is 28.8 Å². The van der Waals surface area contributed by atoms with Crippen molar-refractivity contribution >= 4 is 35.4 Å². The lowest BCUT2D eigenvalue weighted by Gasteiger charge is -2.29. The van der Waals surface area contributed by atoms with Crippen molar-refractivity contribution in [3.63, 3.8) is 0 Å². The Morgan fingerprint density at radius 3 is 2.25 bits per heavy atom. The number of amides is 3. The van der Waals surface area contributed by atoms with E-state index in [4.69, 9.17) is 11.1 Å². The van der Waals surface area contributed by atoms with E-state index in [9.17, 15) is 14.4 Å². The number of urea groups is 1. The number of rotatable bonds is 10. The number of hydrogen-bond acceptors (Lipinski definition) is 6. The Hall–Kier alpha value is -4.90. The van der Waals surface area contributed by atoms with Gasteiger partial charge < -0.3 is 21.4 Å². The standard InChI is InChI=1S/C33H42N8O3/c1-22(2)40(33(44)39(5)27-9-7-6-8-10-27)20-25(21-42)32(43)37-26-13-11-23(12-14-26)28-19-29(24-15-17-38(4)18-16-24)41(36-3)30(28)31(34)35/h6-14,19-22,24,36H,15-18H2,1-5H3,(H3,34,35)(H,37,43)/b25-20+. The minimum atomic E-state index is -0.635. The monoisotopic (exact) mass is 598 g/mol. The molecule has 5 N–H and O–H groups in total. The summed E-state index contributed by atoms with van der Waals surface area (Å²) in [6, 6.07) is 17.7. The number of carbonyl (C=O) groups excluding carboxylic acids is 3. The van der Waals surface area contributed by atoms with Gasteiger partial charge in [0.25, 0.3) is 5.91 Å². The molecule has 0 aliphatic carbocycles. The van der Waals surface area contributed by atoms with Crippen LogP contribution in [0.2, 0.25) is 0 Å². The third-order valence-electron chi connectivity index (χ3n) is 7.97. The van der Waals surface area contributed by atoms with E-state index in [1.807, 2.05) is 42.1 Å². The summed E-state index contributed by atoms with van der Waals surface area (Å²) in [6.45, 7) is 5.62. The number of nitrogens with zero attached hydrogens (tertiary/aromatic N) is 4. The van der Waals surface area contributed by atoms with Gasteiger partial charge in [0.05, 0.1) is 5.57 Å². The minimum Gasteiger partial charge on any atom is -0.382 e. The van der Waals surface area contributed by atoms with E-state index < -0.39 is 5.91 Å². The summed E-state index contributed by atoms with van der Waals surface area (Å²) in [4.78, 5) is 43.5. The van der Waals surface area contributed by atoms with Crippen molar-refractivity contribution in [3.8, 4) is 11.1 Å². The number of para-hydroxylation sites is 1. The van der Waals surface area contributed by atoms with Crippen LogP contribution in [0.4, 0.5) is 16.2 Å². The molecular formula is C33H42N8O3. The van der Waals surface area contributed by atoms with Crippen LogP contribution in [0.15, 0.2) is 72.4 Å². The summed E-state index contributed by atoms with van der Waals surface area (Å²) >= 11 is 0. The van der Waals surface area contributed by atoms with Crippen LogP contribution in [-0.4, -0.2) is 78.8 Å². The lowest BCUT2D eigenvalue weighted by molar-refractivity contribution is -0.115. The Bertz CT molecular complexity index is 1520. The van der Waals surface area contributed by atoms with Gasteiger partial charge >= 0.3 is 6.03 Å². The molecule has 44 heavy (non-hydrogen) atoms. The highest BCUT2D eigenvalue weighted by Gasteiger charge is 2.27. The summed E-state index contributed by atoms with van der Waals surface area (Å²) in [5.41, 5.74) is 13.6. The molecule has 0 saturated carbocycles. The van der Waals surface area contributed by atoms with Crippen molar-refractivity contribution in [2.75, 3.05) is 49.9 Å². The molecule has 11 heteroatoms. The van der Waals surface area contributed by atoms with Gasteiger partial charge in [0, 0.05) is 54.9 Å². The number of nitrogen functional groups attached to an aromatic ring is 1. The zero-order valence-electron chi connectivity index (χ0n) is 26.0. The van der Waals surface area contributed by atoms with Crippen molar-refractivity contribution in [2.45, 2.75) is 38.6 Å². The molecule has 3 aromatic rings. The van der Waals surface area contributed by atoms with Crippen LogP contribution in [0.1, 0.15) is 44.0 Å². The molecule has 11 nitrogen and oxygen atoms in total. The molecule has 2 heterocycles. The van der Waals surface area contributed by atoms with Crippen LogP contribution in [0, 0.1) is 5.41 Å². The molecule has 1 fully saturated rings. The molecule has 4 rings (SSSR count). The number of nitrogens with two attached hydrogens (primary N) is 1. The van der Waals surface area contributed by atoms with E-state index >= 15 is 0 Å². The van der Waals surface area contributed by atoms with E-state index in [0.29, 0.717) is 29.3 Å². The second kappa shape index (κ2) is 14.0. The molecular weight excluding hydrogens is 556 g/mol. The fourth-order valence-electron chi connectivity index (χ4n) is 5.45. The lowest BCUT2D eigenvalue weighted by atomic mass is 9.93. The van der Waals surface area contributed by atoms with E-state index in [-0.39, 0.29) is 23.5 Å². The maximum atomic E-state index is 13.3. The van der Waals surface area contributed by atoms with Gasteiger partial charge in [-0.05, 0) is 82.7 Å². The predicted molar refractivity (Wildman–Crippen MR) is 176 cm³/mol. The van der Waals surface area contributed by atoms with Crippen LogP contribution < -0.4 is 21.4 Å². The highest BCUT2D eigenvalue weighted by atomic mass is 16.2. The van der Waals surface area contributed by atoms with Crippen LogP contribution in [0.5, 0.6) is 0 Å². The summed E-state index contributed by atoms with van der Waals surface area (Å²) in [6.07, 6.45) is 3.75. The Balaban J connectivity index is 1.55. The van der Waals surface area contributed by atoms with Gasteiger partial charge in [-0.3, -0.25) is 29.5 Å². The molecule has 1 aliphatic heterocycles. The second-order valence-corrected chi connectivity index (χ2v) is 11.3. The summed E-state index contributed by atoms with van der Waals surface area (Å²) in [7, 11) is 5.58. The van der Waals surface area contributed by atoms with Crippen molar-refractivity contribution in [1.82, 2.24) is 14.5 Å². The fourth-order valence-corrected chi connectivity index (χ4v) is 5.45. The maximum absolute atomic E-state index is 13.3. The fraction of sp³-hybridized carbons (Fsp3) is 0.333. The second-order valence-electron chi connectivity index (χ2n) is 11.3. The van der Waals surface area contributed by atoms with Crippen LogP contribution in [-0.2, 0) is 9.59 Å². The smallest absolute Gasteiger partial charge is 0.328 e. The predicted octanol–water partition coefficient (Wildman–Crippen LogP) is 4.41. The number of benzene rings is 2. The van der Waals surface area contributed by atoms with Crippen molar-refractivity contribution < 1.29 is 14.4 Å². The highest BCUT2D eigenvalue weighted by molar-refractivity contribution is 6.16. The van der Waals surface area contributed by atoms with Gasteiger partial charge in [-0.2, -0.15) is 0 Å². The minimum absolute atomic E-state index is 0.0474. The van der Waals surface area contributed by atoms with Gasteiger partial charge in [-0.15, -0.1) is 0 Å². The number of carbonyl (C=O) groups is 3. The average Bonchev–Trinajstić information content (AvgIpc) is 3.42. The molecule has 0 bridgehead atoms. The zero-order chi connectivity index (χ0) is 32.0. The number of nitrogens with one attached hydrogen (secondary N) is 3. The largest absolute Gasteiger partial charge is 0.382 e. The molecule has 1 saturated heterocycles. The number of likely N-dealkylation sites (tertiary alicyclic amines) is 1. The van der Waals surface area contributed by atoms with Crippen LogP contribution >= 0.6 is 0 Å². The number of aromatic nitrogens is 1. The third kappa shape index (κ3) is 7.00. The molecule has 0 spiro atoms. The Morgan fingerprint density at radius 2 is 1.70 bits per heavy atom. The normalized spacial score (nSPS) is 14.3. The van der Waals surface area contributed by atoms with E-state index in [1.54, 1.807) is 45.2 Å². The lowest BCUT2D eigenvalue weighted by Crippen LogP contribution is -2.42. The molecule has 0 unspecified atom stereocenters. The molecule has 1 aromatic heterocycles. The zero-order valence-corrected chi connectivity index (χ0v) is 26.0. The van der Waals surface area contributed by atoms with E-state index in [0.717, 1.165) is 42.8 Å². The molecule has 0 radical (unpaired) electrons. The third-order valence-corrected chi connectivity index (χ3v) is 7.97. The molecule has 3 amide bonds. The van der Waals surface area contributed by atoms with Crippen LogP contribution in [0.3, 0.4) is 0 Å². The Labute approximate surface area is 258 Å². The van der Waals surface area contributed by atoms with Crippen LogP contribution in [0.25, 0.3) is 11.1 Å². The first-order chi connectivity index (χ1) is 21.0. The number of anilines is 2. The van der Waals surface area contributed by atoms with E-state index in [1.165, 1.54) is 16.0 Å².